The minimum absolute atomic E-state index is 0.175. The molecule has 1 amide bonds. The van der Waals surface area contributed by atoms with Gasteiger partial charge in [0.05, 0.1) is 19.3 Å². The van der Waals surface area contributed by atoms with Crippen molar-refractivity contribution in [1.29, 1.82) is 0 Å². The van der Waals surface area contributed by atoms with Crippen LogP contribution in [0.3, 0.4) is 0 Å². The van der Waals surface area contributed by atoms with Crippen LogP contribution >= 0.6 is 11.6 Å². The van der Waals surface area contributed by atoms with Crippen LogP contribution in [-0.2, 0) is 0 Å². The van der Waals surface area contributed by atoms with Crippen LogP contribution in [0.25, 0.3) is 0 Å². The number of benzene rings is 1. The van der Waals surface area contributed by atoms with Gasteiger partial charge in [-0.1, -0.05) is 23.7 Å². The first-order chi connectivity index (χ1) is 12.0. The SMILES string of the molecule is COc1ccc([C@@H](NC(=O)c2cc(Cl)ccc2C)C2CC(O)C2)cn1. The molecule has 1 fully saturated rings. The Morgan fingerprint density at radius 1 is 1.36 bits per heavy atom. The van der Waals surface area contributed by atoms with E-state index in [1.165, 1.54) is 0 Å². The molecule has 1 aliphatic carbocycles. The van der Waals surface area contributed by atoms with Crippen molar-refractivity contribution in [2.75, 3.05) is 7.11 Å². The van der Waals surface area contributed by atoms with E-state index in [0.29, 0.717) is 29.3 Å². The summed E-state index contributed by atoms with van der Waals surface area (Å²) in [4.78, 5) is 17.0. The molecule has 6 heteroatoms. The minimum Gasteiger partial charge on any atom is -0.481 e. The molecule has 1 saturated carbocycles. The van der Waals surface area contributed by atoms with Crippen molar-refractivity contribution in [1.82, 2.24) is 10.3 Å². The van der Waals surface area contributed by atoms with E-state index in [0.717, 1.165) is 11.1 Å². The predicted octanol–water partition coefficient (Wildman–Crippen LogP) is 3.29. The summed E-state index contributed by atoms with van der Waals surface area (Å²) in [5.74, 6) is 0.518. The van der Waals surface area contributed by atoms with Gasteiger partial charge in [0, 0.05) is 22.8 Å². The predicted molar refractivity (Wildman–Crippen MR) is 95.9 cm³/mol. The fourth-order valence-corrected chi connectivity index (χ4v) is 3.30. The Morgan fingerprint density at radius 3 is 2.72 bits per heavy atom. The van der Waals surface area contributed by atoms with Gasteiger partial charge in [-0.05, 0) is 48.9 Å². The molecule has 2 N–H and O–H groups in total. The maximum atomic E-state index is 12.8. The molecule has 1 aliphatic rings. The third-order valence-electron chi connectivity index (χ3n) is 4.68. The standard InChI is InChI=1S/C19H21ClN2O3/c1-11-3-5-14(20)9-16(11)19(24)22-18(13-7-15(23)8-13)12-4-6-17(25-2)21-10-12/h3-6,9-10,13,15,18,23H,7-8H2,1-2H3,(H,22,24)/t13?,15?,18-/m1/s1. The van der Waals surface area contributed by atoms with Crippen LogP contribution in [0, 0.1) is 12.8 Å². The average Bonchev–Trinajstić information content (AvgIpc) is 2.59. The van der Waals surface area contributed by atoms with E-state index in [2.05, 4.69) is 10.3 Å². The monoisotopic (exact) mass is 360 g/mol. The quantitative estimate of drug-likeness (QED) is 0.858. The number of hydrogen-bond acceptors (Lipinski definition) is 4. The first kappa shape index (κ1) is 17.7. The number of carbonyl (C=O) groups is 1. The zero-order chi connectivity index (χ0) is 18.0. The van der Waals surface area contributed by atoms with E-state index in [4.69, 9.17) is 16.3 Å². The van der Waals surface area contributed by atoms with Gasteiger partial charge < -0.3 is 15.2 Å². The number of halogens is 1. The third-order valence-corrected chi connectivity index (χ3v) is 4.91. The zero-order valence-corrected chi connectivity index (χ0v) is 15.0. The molecular formula is C19H21ClN2O3. The van der Waals surface area contributed by atoms with Crippen molar-refractivity contribution >= 4 is 17.5 Å². The number of carbonyl (C=O) groups excluding carboxylic acids is 1. The maximum absolute atomic E-state index is 12.8. The first-order valence-electron chi connectivity index (χ1n) is 8.23. The number of nitrogens with zero attached hydrogens (tertiary/aromatic N) is 1. The van der Waals surface area contributed by atoms with Crippen LogP contribution in [0.1, 0.15) is 40.4 Å². The first-order valence-corrected chi connectivity index (χ1v) is 8.60. The molecule has 3 rings (SSSR count). The van der Waals surface area contributed by atoms with Crippen molar-refractivity contribution in [3.05, 3.63) is 58.2 Å². The fraction of sp³-hybridized carbons (Fsp3) is 0.368. The van der Waals surface area contributed by atoms with E-state index in [-0.39, 0.29) is 24.0 Å². The number of rotatable bonds is 5. The Bertz CT molecular complexity index is 758. The van der Waals surface area contributed by atoms with E-state index in [1.54, 1.807) is 31.5 Å². The van der Waals surface area contributed by atoms with E-state index < -0.39 is 0 Å². The maximum Gasteiger partial charge on any atom is 0.252 e. The molecule has 1 heterocycles. The fourth-order valence-electron chi connectivity index (χ4n) is 3.13. The number of nitrogens with one attached hydrogen (secondary N) is 1. The summed E-state index contributed by atoms with van der Waals surface area (Å²) in [5, 5.41) is 13.3. The molecule has 0 aliphatic heterocycles. The van der Waals surface area contributed by atoms with Gasteiger partial charge in [-0.25, -0.2) is 4.98 Å². The number of aryl methyl sites for hydroxylation is 1. The van der Waals surface area contributed by atoms with Crippen molar-refractivity contribution in [3.8, 4) is 5.88 Å². The largest absolute Gasteiger partial charge is 0.481 e. The lowest BCUT2D eigenvalue weighted by molar-refractivity contribution is 0.0234. The molecule has 0 radical (unpaired) electrons. The molecule has 0 saturated heterocycles. The normalized spacial score (nSPS) is 20.5. The third kappa shape index (κ3) is 3.94. The molecule has 0 bridgehead atoms. The number of aliphatic hydroxyl groups is 1. The summed E-state index contributed by atoms with van der Waals surface area (Å²) in [7, 11) is 1.56. The lowest BCUT2D eigenvalue weighted by atomic mass is 9.75. The second-order valence-electron chi connectivity index (χ2n) is 6.43. The summed E-state index contributed by atoms with van der Waals surface area (Å²) in [6.07, 6.45) is 2.72. The molecule has 5 nitrogen and oxygen atoms in total. The summed E-state index contributed by atoms with van der Waals surface area (Å²) < 4.78 is 5.09. The summed E-state index contributed by atoms with van der Waals surface area (Å²) in [6, 6.07) is 8.72. The molecule has 0 unspecified atom stereocenters. The van der Waals surface area contributed by atoms with Crippen molar-refractivity contribution in [2.45, 2.75) is 31.9 Å². The lowest BCUT2D eigenvalue weighted by Crippen LogP contribution is -2.41. The molecule has 132 valence electrons. The molecule has 1 aromatic carbocycles. The topological polar surface area (TPSA) is 71.5 Å². The zero-order valence-electron chi connectivity index (χ0n) is 14.2. The smallest absolute Gasteiger partial charge is 0.252 e. The van der Waals surface area contributed by atoms with Crippen molar-refractivity contribution < 1.29 is 14.6 Å². The van der Waals surface area contributed by atoms with Gasteiger partial charge in [-0.3, -0.25) is 4.79 Å². The number of methoxy groups -OCH3 is 1. The highest BCUT2D eigenvalue weighted by atomic mass is 35.5. The molecule has 1 aromatic heterocycles. The van der Waals surface area contributed by atoms with Crippen LogP contribution in [0.2, 0.25) is 5.02 Å². The summed E-state index contributed by atoms with van der Waals surface area (Å²) >= 11 is 6.03. The van der Waals surface area contributed by atoms with E-state index in [9.17, 15) is 9.90 Å². The van der Waals surface area contributed by atoms with Gasteiger partial charge in [-0.15, -0.1) is 0 Å². The van der Waals surface area contributed by atoms with Gasteiger partial charge in [0.15, 0.2) is 0 Å². The van der Waals surface area contributed by atoms with Crippen LogP contribution < -0.4 is 10.1 Å². The van der Waals surface area contributed by atoms with Crippen LogP contribution in [0.5, 0.6) is 5.88 Å². The Morgan fingerprint density at radius 2 is 2.12 bits per heavy atom. The second-order valence-corrected chi connectivity index (χ2v) is 6.87. The minimum atomic E-state index is -0.302. The van der Waals surface area contributed by atoms with Crippen LogP contribution in [-0.4, -0.2) is 29.2 Å². The highest BCUT2D eigenvalue weighted by Gasteiger charge is 2.36. The average molecular weight is 361 g/mol. The second kappa shape index (κ2) is 7.42. The Balaban J connectivity index is 1.84. The van der Waals surface area contributed by atoms with Crippen molar-refractivity contribution in [2.24, 2.45) is 5.92 Å². The Kier molecular flexibility index (Phi) is 5.25. The van der Waals surface area contributed by atoms with E-state index in [1.807, 2.05) is 19.1 Å². The van der Waals surface area contributed by atoms with Gasteiger partial charge in [0.25, 0.3) is 5.91 Å². The highest BCUT2D eigenvalue weighted by Crippen LogP contribution is 2.38. The summed E-state index contributed by atoms with van der Waals surface area (Å²) in [6.45, 7) is 1.88. The molecule has 2 aromatic rings. The van der Waals surface area contributed by atoms with Gasteiger partial charge in [0.1, 0.15) is 0 Å². The Labute approximate surface area is 152 Å². The number of aromatic nitrogens is 1. The van der Waals surface area contributed by atoms with Gasteiger partial charge in [0.2, 0.25) is 5.88 Å². The van der Waals surface area contributed by atoms with E-state index >= 15 is 0 Å². The number of ether oxygens (including phenoxy) is 1. The molecule has 0 spiro atoms. The number of pyridine rings is 1. The molecular weight excluding hydrogens is 340 g/mol. The summed E-state index contributed by atoms with van der Waals surface area (Å²) in [5.41, 5.74) is 2.31. The van der Waals surface area contributed by atoms with Gasteiger partial charge in [-0.2, -0.15) is 0 Å². The number of amides is 1. The highest BCUT2D eigenvalue weighted by molar-refractivity contribution is 6.31. The molecule has 1 atom stereocenters. The van der Waals surface area contributed by atoms with Gasteiger partial charge >= 0.3 is 0 Å². The number of hydrogen-bond donors (Lipinski definition) is 2. The van der Waals surface area contributed by atoms with Crippen LogP contribution in [0.15, 0.2) is 36.5 Å². The van der Waals surface area contributed by atoms with Crippen molar-refractivity contribution in [3.63, 3.8) is 0 Å². The lowest BCUT2D eigenvalue weighted by Gasteiger charge is -2.38. The Hall–Kier alpha value is -2.11. The van der Waals surface area contributed by atoms with Crippen LogP contribution in [0.4, 0.5) is 0 Å². The molecule has 25 heavy (non-hydrogen) atoms. The number of aliphatic hydroxyl groups excluding tert-OH is 1.